The van der Waals surface area contributed by atoms with E-state index in [1.807, 2.05) is 24.3 Å². The molecule has 1 heterocycles. The van der Waals surface area contributed by atoms with Gasteiger partial charge >= 0.3 is 0 Å². The number of phenolic OH excluding ortho intramolecular Hbond substituents is 1. The Hall–Kier alpha value is -3.08. The van der Waals surface area contributed by atoms with Crippen molar-refractivity contribution < 1.29 is 14.7 Å². The van der Waals surface area contributed by atoms with Gasteiger partial charge in [-0.1, -0.05) is 30.3 Å². The number of nitrogens with zero attached hydrogens (tertiary/aromatic N) is 1. The molecule has 0 bridgehead atoms. The lowest BCUT2D eigenvalue weighted by atomic mass is 10.2. The van der Waals surface area contributed by atoms with Crippen molar-refractivity contribution >= 4 is 23.6 Å². The van der Waals surface area contributed by atoms with Crippen molar-refractivity contribution in [2.24, 2.45) is 0 Å². The van der Waals surface area contributed by atoms with Crippen LogP contribution < -0.4 is 10.2 Å². The quantitative estimate of drug-likeness (QED) is 0.843. The van der Waals surface area contributed by atoms with Gasteiger partial charge in [0.05, 0.1) is 0 Å². The second-order valence-corrected chi connectivity index (χ2v) is 6.03. The molecule has 2 aromatic rings. The van der Waals surface area contributed by atoms with Crippen LogP contribution in [0.4, 0.5) is 5.69 Å². The highest BCUT2D eigenvalue weighted by Crippen LogP contribution is 2.27. The molecular weight excluding hydrogens is 316 g/mol. The molecule has 1 aliphatic rings. The van der Waals surface area contributed by atoms with Gasteiger partial charge in [-0.2, -0.15) is 0 Å². The fourth-order valence-corrected chi connectivity index (χ4v) is 2.92. The lowest BCUT2D eigenvalue weighted by Gasteiger charge is -2.22. The Balaban J connectivity index is 1.61. The van der Waals surface area contributed by atoms with Gasteiger partial charge in [-0.3, -0.25) is 9.59 Å². The highest BCUT2D eigenvalue weighted by molar-refractivity contribution is 6.02. The van der Waals surface area contributed by atoms with Crippen LogP contribution in [0.5, 0.6) is 5.75 Å². The fourth-order valence-electron chi connectivity index (χ4n) is 2.92. The van der Waals surface area contributed by atoms with Crippen molar-refractivity contribution in [3.8, 4) is 5.75 Å². The maximum atomic E-state index is 12.6. The van der Waals surface area contributed by atoms with Gasteiger partial charge in [0.1, 0.15) is 11.8 Å². The van der Waals surface area contributed by atoms with E-state index in [-0.39, 0.29) is 17.6 Å². The molecule has 0 radical (unpaired) electrons. The second kappa shape index (κ2) is 7.21. The molecule has 2 aromatic carbocycles. The van der Waals surface area contributed by atoms with Gasteiger partial charge in [0.15, 0.2) is 0 Å². The Morgan fingerprint density at radius 2 is 2.00 bits per heavy atom. The standard InChI is InChI=1S/C20H20N2O3/c1-14(20(25)22-12-11-16-6-2-3-8-18(16)22)21-19(24)10-9-15-5-4-7-17(23)13-15/h2-10,13-14,23H,11-12H2,1H3,(H,21,24)/b10-9+/t14-/m0/s1. The molecular formula is C20H20N2O3. The summed E-state index contributed by atoms with van der Waals surface area (Å²) in [6.07, 6.45) is 3.79. The molecule has 2 amide bonds. The highest BCUT2D eigenvalue weighted by Gasteiger charge is 2.28. The molecule has 0 aliphatic carbocycles. The minimum absolute atomic E-state index is 0.121. The number of hydrogen-bond acceptors (Lipinski definition) is 3. The number of carbonyl (C=O) groups excluding carboxylic acids is 2. The third kappa shape index (κ3) is 3.88. The van der Waals surface area contributed by atoms with E-state index in [1.165, 1.54) is 6.08 Å². The van der Waals surface area contributed by atoms with E-state index in [0.29, 0.717) is 12.1 Å². The lowest BCUT2D eigenvalue weighted by Crippen LogP contribution is -2.46. The van der Waals surface area contributed by atoms with Crippen LogP contribution in [-0.4, -0.2) is 29.5 Å². The number of carbonyl (C=O) groups is 2. The Morgan fingerprint density at radius 1 is 1.20 bits per heavy atom. The van der Waals surface area contributed by atoms with Gasteiger partial charge in [-0.05, 0) is 48.7 Å². The van der Waals surface area contributed by atoms with Gasteiger partial charge in [-0.15, -0.1) is 0 Å². The number of amides is 2. The van der Waals surface area contributed by atoms with Crippen molar-refractivity contribution in [2.75, 3.05) is 11.4 Å². The zero-order valence-corrected chi connectivity index (χ0v) is 14.0. The first-order chi connectivity index (χ1) is 12.0. The Labute approximate surface area is 146 Å². The van der Waals surface area contributed by atoms with E-state index in [4.69, 9.17) is 0 Å². The number of benzene rings is 2. The summed E-state index contributed by atoms with van der Waals surface area (Å²) >= 11 is 0. The molecule has 128 valence electrons. The van der Waals surface area contributed by atoms with Crippen LogP contribution >= 0.6 is 0 Å². The second-order valence-electron chi connectivity index (χ2n) is 6.03. The molecule has 5 nitrogen and oxygen atoms in total. The van der Waals surface area contributed by atoms with Crippen LogP contribution in [0, 0.1) is 0 Å². The smallest absolute Gasteiger partial charge is 0.249 e. The zero-order valence-electron chi connectivity index (χ0n) is 14.0. The monoisotopic (exact) mass is 336 g/mol. The molecule has 0 saturated carbocycles. The Bertz CT molecular complexity index is 829. The number of para-hydroxylation sites is 1. The van der Waals surface area contributed by atoms with E-state index < -0.39 is 6.04 Å². The summed E-state index contributed by atoms with van der Waals surface area (Å²) < 4.78 is 0. The summed E-state index contributed by atoms with van der Waals surface area (Å²) in [6, 6.07) is 13.8. The van der Waals surface area contributed by atoms with Gasteiger partial charge in [0.2, 0.25) is 11.8 Å². The summed E-state index contributed by atoms with van der Waals surface area (Å²) in [7, 11) is 0. The topological polar surface area (TPSA) is 69.6 Å². The minimum Gasteiger partial charge on any atom is -0.508 e. The van der Waals surface area contributed by atoms with Crippen LogP contribution in [0.15, 0.2) is 54.6 Å². The lowest BCUT2D eigenvalue weighted by molar-refractivity contribution is -0.124. The van der Waals surface area contributed by atoms with Crippen LogP contribution in [-0.2, 0) is 16.0 Å². The van der Waals surface area contributed by atoms with E-state index in [1.54, 1.807) is 42.2 Å². The first-order valence-corrected chi connectivity index (χ1v) is 8.21. The number of rotatable bonds is 4. The van der Waals surface area contributed by atoms with E-state index >= 15 is 0 Å². The van der Waals surface area contributed by atoms with Gasteiger partial charge in [-0.25, -0.2) is 0 Å². The van der Waals surface area contributed by atoms with Gasteiger partial charge in [0, 0.05) is 18.3 Å². The first-order valence-electron chi connectivity index (χ1n) is 8.21. The first kappa shape index (κ1) is 16.8. The molecule has 0 unspecified atom stereocenters. The maximum Gasteiger partial charge on any atom is 0.249 e. The van der Waals surface area contributed by atoms with Crippen molar-refractivity contribution in [1.29, 1.82) is 0 Å². The summed E-state index contributed by atoms with van der Waals surface area (Å²) in [5, 5.41) is 12.1. The molecule has 2 N–H and O–H groups in total. The number of nitrogens with one attached hydrogen (secondary N) is 1. The SMILES string of the molecule is C[C@H](NC(=O)/C=C/c1cccc(O)c1)C(=O)N1CCc2ccccc21. The van der Waals surface area contributed by atoms with Crippen molar-refractivity contribution in [2.45, 2.75) is 19.4 Å². The van der Waals surface area contributed by atoms with E-state index in [0.717, 1.165) is 17.7 Å². The van der Waals surface area contributed by atoms with E-state index in [9.17, 15) is 14.7 Å². The molecule has 0 spiro atoms. The summed E-state index contributed by atoms with van der Waals surface area (Å²) in [4.78, 5) is 26.4. The highest BCUT2D eigenvalue weighted by atomic mass is 16.3. The predicted molar refractivity (Wildman–Crippen MR) is 97.2 cm³/mol. The number of aromatic hydroxyl groups is 1. The fraction of sp³-hybridized carbons (Fsp3) is 0.200. The Morgan fingerprint density at radius 3 is 2.80 bits per heavy atom. The van der Waals surface area contributed by atoms with Crippen molar-refractivity contribution in [1.82, 2.24) is 5.32 Å². The summed E-state index contributed by atoms with van der Waals surface area (Å²) in [6.45, 7) is 2.32. The maximum absolute atomic E-state index is 12.6. The number of phenols is 1. The summed E-state index contributed by atoms with van der Waals surface area (Å²) in [5.41, 5.74) is 2.78. The minimum atomic E-state index is -0.618. The molecule has 1 atom stereocenters. The molecule has 25 heavy (non-hydrogen) atoms. The van der Waals surface area contributed by atoms with E-state index in [2.05, 4.69) is 5.32 Å². The Kier molecular flexibility index (Phi) is 4.84. The molecule has 5 heteroatoms. The number of hydrogen-bond donors (Lipinski definition) is 2. The van der Waals surface area contributed by atoms with Crippen molar-refractivity contribution in [3.63, 3.8) is 0 Å². The van der Waals surface area contributed by atoms with Gasteiger partial charge < -0.3 is 15.3 Å². The van der Waals surface area contributed by atoms with Crippen molar-refractivity contribution in [3.05, 3.63) is 65.7 Å². The molecule has 0 aromatic heterocycles. The molecule has 0 fully saturated rings. The number of anilines is 1. The zero-order chi connectivity index (χ0) is 17.8. The molecule has 0 saturated heterocycles. The van der Waals surface area contributed by atoms with Crippen LogP contribution in [0.2, 0.25) is 0 Å². The number of fused-ring (bicyclic) bond motifs is 1. The predicted octanol–water partition coefficient (Wildman–Crippen LogP) is 2.50. The molecule has 3 rings (SSSR count). The van der Waals surface area contributed by atoms with Crippen LogP contribution in [0.25, 0.3) is 6.08 Å². The van der Waals surface area contributed by atoms with Crippen LogP contribution in [0.3, 0.4) is 0 Å². The molecule has 1 aliphatic heterocycles. The summed E-state index contributed by atoms with van der Waals surface area (Å²) in [5.74, 6) is -0.334. The van der Waals surface area contributed by atoms with Gasteiger partial charge in [0.25, 0.3) is 0 Å². The third-order valence-electron chi connectivity index (χ3n) is 4.18. The average molecular weight is 336 g/mol. The third-order valence-corrected chi connectivity index (χ3v) is 4.18. The van der Waals surface area contributed by atoms with Crippen LogP contribution in [0.1, 0.15) is 18.1 Å². The normalized spacial score (nSPS) is 14.4. The average Bonchev–Trinajstić information content (AvgIpc) is 3.03. The largest absolute Gasteiger partial charge is 0.508 e.